The molecule has 0 bridgehead atoms. The molecule has 2 aromatic rings. The zero-order valence-corrected chi connectivity index (χ0v) is 14.6. The van der Waals surface area contributed by atoms with Gasteiger partial charge in [-0.2, -0.15) is 0 Å². The van der Waals surface area contributed by atoms with Crippen LogP contribution in [0.3, 0.4) is 0 Å². The van der Waals surface area contributed by atoms with Gasteiger partial charge in [-0.05, 0) is 48.7 Å². The highest BCUT2D eigenvalue weighted by Crippen LogP contribution is 2.22. The number of carbonyl (C=O) groups excluding carboxylic acids is 1. The highest BCUT2D eigenvalue weighted by atomic mass is 35.5. The minimum Gasteiger partial charge on any atom is -0.481 e. The Morgan fingerprint density at radius 1 is 1.17 bits per heavy atom. The minimum atomic E-state index is -0.557. The van der Waals surface area contributed by atoms with Gasteiger partial charge in [-0.25, -0.2) is 0 Å². The zero-order valence-electron chi connectivity index (χ0n) is 13.1. The molecular formula is C18H19Cl2NO2. The fraction of sp³-hybridized carbons (Fsp3) is 0.278. The van der Waals surface area contributed by atoms with Crippen LogP contribution in [0.4, 0.5) is 0 Å². The van der Waals surface area contributed by atoms with Crippen molar-refractivity contribution in [3.63, 3.8) is 0 Å². The molecule has 0 aromatic heterocycles. The molecule has 0 heterocycles. The second-order valence-corrected chi connectivity index (χ2v) is 6.05. The number of rotatable bonds is 6. The van der Waals surface area contributed by atoms with Gasteiger partial charge in [0.2, 0.25) is 0 Å². The molecule has 0 saturated heterocycles. The van der Waals surface area contributed by atoms with Gasteiger partial charge < -0.3 is 10.1 Å². The Morgan fingerprint density at radius 2 is 1.91 bits per heavy atom. The van der Waals surface area contributed by atoms with E-state index in [1.165, 1.54) is 0 Å². The van der Waals surface area contributed by atoms with E-state index in [-0.39, 0.29) is 5.91 Å². The Morgan fingerprint density at radius 3 is 2.57 bits per heavy atom. The van der Waals surface area contributed by atoms with Crippen LogP contribution < -0.4 is 10.1 Å². The van der Waals surface area contributed by atoms with Crippen LogP contribution in [-0.4, -0.2) is 12.0 Å². The summed E-state index contributed by atoms with van der Waals surface area (Å²) in [6.07, 6.45) is 0.00816. The second-order valence-electron chi connectivity index (χ2n) is 5.23. The van der Waals surface area contributed by atoms with Crippen LogP contribution in [0, 0.1) is 6.92 Å². The van der Waals surface area contributed by atoms with Gasteiger partial charge in [0.25, 0.3) is 5.91 Å². The van der Waals surface area contributed by atoms with E-state index in [4.69, 9.17) is 27.9 Å². The summed E-state index contributed by atoms with van der Waals surface area (Å²) in [5.74, 6) is 0.465. The first-order chi connectivity index (χ1) is 11.0. The van der Waals surface area contributed by atoms with Crippen molar-refractivity contribution < 1.29 is 9.53 Å². The van der Waals surface area contributed by atoms with Gasteiger partial charge in [-0.15, -0.1) is 0 Å². The fourth-order valence-corrected chi connectivity index (χ4v) is 2.44. The molecule has 23 heavy (non-hydrogen) atoms. The Hall–Kier alpha value is -1.71. The Bertz CT molecular complexity index is 688. The molecule has 2 rings (SSSR count). The Balaban J connectivity index is 1.98. The predicted octanol–water partition coefficient (Wildman–Crippen LogP) is 4.78. The van der Waals surface area contributed by atoms with Crippen LogP contribution >= 0.6 is 23.2 Å². The molecule has 5 heteroatoms. The summed E-state index contributed by atoms with van der Waals surface area (Å²) in [7, 11) is 0. The maximum absolute atomic E-state index is 12.3. The van der Waals surface area contributed by atoms with E-state index < -0.39 is 6.10 Å². The quantitative estimate of drug-likeness (QED) is 0.813. The third-order valence-electron chi connectivity index (χ3n) is 3.48. The van der Waals surface area contributed by atoms with E-state index in [0.717, 1.165) is 11.1 Å². The van der Waals surface area contributed by atoms with Crippen molar-refractivity contribution in [2.24, 2.45) is 0 Å². The summed E-state index contributed by atoms with van der Waals surface area (Å²) in [5, 5.41) is 4.17. The summed E-state index contributed by atoms with van der Waals surface area (Å²) in [5.41, 5.74) is 1.79. The SMILES string of the molecule is CC[C@H](Oc1ccc(Cl)c(C)c1)C(=O)NCc1ccccc1Cl. The number of amides is 1. The molecule has 0 aliphatic heterocycles. The van der Waals surface area contributed by atoms with Gasteiger partial charge in [0.05, 0.1) is 0 Å². The standard InChI is InChI=1S/C18H19Cl2NO2/c1-3-17(23-14-8-9-15(19)12(2)10-14)18(22)21-11-13-6-4-5-7-16(13)20/h4-10,17H,3,11H2,1-2H3,(H,21,22)/t17-/m0/s1. The molecule has 3 nitrogen and oxygen atoms in total. The van der Waals surface area contributed by atoms with E-state index in [2.05, 4.69) is 5.32 Å². The second kappa shape index (κ2) is 8.23. The lowest BCUT2D eigenvalue weighted by molar-refractivity contribution is -0.128. The normalized spacial score (nSPS) is 11.8. The summed E-state index contributed by atoms with van der Waals surface area (Å²) in [6, 6.07) is 12.8. The van der Waals surface area contributed by atoms with Crippen LogP contribution in [-0.2, 0) is 11.3 Å². The molecule has 0 unspecified atom stereocenters. The Labute approximate surface area is 146 Å². The maximum atomic E-state index is 12.3. The number of carbonyl (C=O) groups is 1. The molecule has 0 radical (unpaired) electrons. The molecule has 0 saturated carbocycles. The number of aryl methyl sites for hydroxylation is 1. The number of hydrogen-bond acceptors (Lipinski definition) is 2. The van der Waals surface area contributed by atoms with Crippen LogP contribution in [0.15, 0.2) is 42.5 Å². The summed E-state index contributed by atoms with van der Waals surface area (Å²) < 4.78 is 5.78. The third-order valence-corrected chi connectivity index (χ3v) is 4.27. The first-order valence-electron chi connectivity index (χ1n) is 7.45. The largest absolute Gasteiger partial charge is 0.481 e. The average molecular weight is 352 g/mol. The van der Waals surface area contributed by atoms with Crippen molar-refractivity contribution in [2.45, 2.75) is 32.9 Å². The highest BCUT2D eigenvalue weighted by Gasteiger charge is 2.18. The lowest BCUT2D eigenvalue weighted by Crippen LogP contribution is -2.37. The van der Waals surface area contributed by atoms with E-state index in [1.54, 1.807) is 18.2 Å². The van der Waals surface area contributed by atoms with Gasteiger partial charge in [0.15, 0.2) is 6.10 Å². The molecular weight excluding hydrogens is 333 g/mol. The first-order valence-corrected chi connectivity index (χ1v) is 8.20. The smallest absolute Gasteiger partial charge is 0.261 e. The predicted molar refractivity (Wildman–Crippen MR) is 94.2 cm³/mol. The van der Waals surface area contributed by atoms with E-state index in [1.807, 2.05) is 38.1 Å². The van der Waals surface area contributed by atoms with Crippen LogP contribution in [0.25, 0.3) is 0 Å². The molecule has 0 aliphatic rings. The van der Waals surface area contributed by atoms with Crippen molar-refractivity contribution in [1.29, 1.82) is 0 Å². The number of hydrogen-bond donors (Lipinski definition) is 1. The Kier molecular flexibility index (Phi) is 6.31. The highest BCUT2D eigenvalue weighted by molar-refractivity contribution is 6.31. The molecule has 0 spiro atoms. The summed E-state index contributed by atoms with van der Waals surface area (Å²) >= 11 is 12.1. The van der Waals surface area contributed by atoms with Gasteiger partial charge in [0.1, 0.15) is 5.75 Å². The average Bonchev–Trinajstić information content (AvgIpc) is 2.54. The van der Waals surface area contributed by atoms with Crippen molar-refractivity contribution in [1.82, 2.24) is 5.32 Å². The molecule has 122 valence electrons. The van der Waals surface area contributed by atoms with Crippen LogP contribution in [0.1, 0.15) is 24.5 Å². The minimum absolute atomic E-state index is 0.167. The van der Waals surface area contributed by atoms with Crippen molar-refractivity contribution >= 4 is 29.1 Å². The third kappa shape index (κ3) is 4.88. The maximum Gasteiger partial charge on any atom is 0.261 e. The number of benzene rings is 2. The van der Waals surface area contributed by atoms with E-state index >= 15 is 0 Å². The van der Waals surface area contributed by atoms with Crippen molar-refractivity contribution in [3.05, 3.63) is 63.6 Å². The molecule has 1 amide bonds. The fourth-order valence-electron chi connectivity index (χ4n) is 2.11. The summed E-state index contributed by atoms with van der Waals surface area (Å²) in [6.45, 7) is 4.17. The number of halogens is 2. The lowest BCUT2D eigenvalue weighted by Gasteiger charge is -2.18. The molecule has 0 aliphatic carbocycles. The number of nitrogens with one attached hydrogen (secondary N) is 1. The first kappa shape index (κ1) is 17.6. The lowest BCUT2D eigenvalue weighted by atomic mass is 10.2. The zero-order chi connectivity index (χ0) is 16.8. The van der Waals surface area contributed by atoms with Crippen LogP contribution in [0.2, 0.25) is 10.0 Å². The van der Waals surface area contributed by atoms with Crippen molar-refractivity contribution in [3.8, 4) is 5.75 Å². The van der Waals surface area contributed by atoms with Gasteiger partial charge in [0, 0.05) is 16.6 Å². The molecule has 2 aromatic carbocycles. The number of ether oxygens (including phenoxy) is 1. The van der Waals surface area contributed by atoms with E-state index in [9.17, 15) is 4.79 Å². The monoisotopic (exact) mass is 351 g/mol. The van der Waals surface area contributed by atoms with E-state index in [0.29, 0.717) is 28.8 Å². The molecule has 1 N–H and O–H groups in total. The van der Waals surface area contributed by atoms with Gasteiger partial charge in [-0.3, -0.25) is 4.79 Å². The summed E-state index contributed by atoms with van der Waals surface area (Å²) in [4.78, 5) is 12.3. The van der Waals surface area contributed by atoms with Gasteiger partial charge >= 0.3 is 0 Å². The topological polar surface area (TPSA) is 38.3 Å². The van der Waals surface area contributed by atoms with Crippen molar-refractivity contribution in [2.75, 3.05) is 0 Å². The van der Waals surface area contributed by atoms with Crippen LogP contribution in [0.5, 0.6) is 5.75 Å². The molecule has 1 atom stereocenters. The molecule has 0 fully saturated rings. The van der Waals surface area contributed by atoms with Gasteiger partial charge in [-0.1, -0.05) is 48.3 Å².